The molecule has 2 heterocycles. The van der Waals surface area contributed by atoms with E-state index >= 15 is 0 Å². The second-order valence-electron chi connectivity index (χ2n) is 10.7. The zero-order valence-electron chi connectivity index (χ0n) is 19.8. The normalized spacial score (nSPS) is 30.9. The van der Waals surface area contributed by atoms with Gasteiger partial charge in [-0.2, -0.15) is 0 Å². The molecule has 0 aromatic heterocycles. The lowest BCUT2D eigenvalue weighted by molar-refractivity contribution is -0.144. The summed E-state index contributed by atoms with van der Waals surface area (Å²) in [4.78, 5) is 14.1. The van der Waals surface area contributed by atoms with Gasteiger partial charge in [-0.15, -0.1) is 0 Å². The monoisotopic (exact) mass is 453 g/mol. The number of halogens is 1. The quantitative estimate of drug-likeness (QED) is 0.532. The molecule has 2 aliphatic heterocycles. The van der Waals surface area contributed by atoms with Gasteiger partial charge in [-0.25, -0.2) is 4.39 Å². The Morgan fingerprint density at radius 1 is 1.09 bits per heavy atom. The maximum Gasteiger partial charge on any atom is 0.306 e. The molecule has 1 N–H and O–H groups in total. The molecule has 3 aliphatic rings. The van der Waals surface area contributed by atoms with Gasteiger partial charge in [-0.3, -0.25) is 9.69 Å². The Hall–Kier alpha value is -2.14. The summed E-state index contributed by atoms with van der Waals surface area (Å²) >= 11 is 0. The summed E-state index contributed by atoms with van der Waals surface area (Å²) in [7, 11) is 0. The molecule has 0 spiro atoms. The van der Waals surface area contributed by atoms with Gasteiger partial charge in [0.15, 0.2) is 0 Å². The zero-order valence-corrected chi connectivity index (χ0v) is 19.8. The van der Waals surface area contributed by atoms with Gasteiger partial charge in [0, 0.05) is 23.7 Å². The molecule has 0 amide bonds. The average Bonchev–Trinajstić information content (AvgIpc) is 3.08. The Morgan fingerprint density at radius 2 is 1.76 bits per heavy atom. The van der Waals surface area contributed by atoms with E-state index in [1.807, 2.05) is 12.1 Å². The Kier molecular flexibility index (Phi) is 6.34. The number of aliphatic carboxylic acids is 1. The number of hydrogen-bond acceptors (Lipinski definition) is 3. The minimum atomic E-state index is -0.655. The van der Waals surface area contributed by atoms with Gasteiger partial charge in [0.2, 0.25) is 0 Å². The highest BCUT2D eigenvalue weighted by atomic mass is 19.1. The summed E-state index contributed by atoms with van der Waals surface area (Å²) in [6, 6.07) is 11.2. The summed E-state index contributed by atoms with van der Waals surface area (Å²) in [6.07, 6.45) is 8.21. The molecule has 4 nitrogen and oxygen atoms in total. The van der Waals surface area contributed by atoms with Crippen molar-refractivity contribution in [1.29, 1.82) is 0 Å². The van der Waals surface area contributed by atoms with Crippen molar-refractivity contribution in [3.05, 3.63) is 41.5 Å². The zero-order chi connectivity index (χ0) is 23.1. The lowest BCUT2D eigenvalue weighted by Gasteiger charge is -2.41. The van der Waals surface area contributed by atoms with Crippen molar-refractivity contribution in [3.63, 3.8) is 0 Å². The third-order valence-corrected chi connectivity index (χ3v) is 8.57. The molecule has 2 aromatic carbocycles. The Bertz CT molecular complexity index is 1000. The number of nitrogens with zero attached hydrogens (tertiary/aromatic N) is 1. The minimum Gasteiger partial charge on any atom is -0.490 e. The van der Waals surface area contributed by atoms with Crippen molar-refractivity contribution in [1.82, 2.24) is 4.90 Å². The van der Waals surface area contributed by atoms with Gasteiger partial charge < -0.3 is 9.84 Å². The van der Waals surface area contributed by atoms with Crippen LogP contribution in [0, 0.1) is 11.8 Å². The summed E-state index contributed by atoms with van der Waals surface area (Å²) in [5.74, 6) is 0.569. The number of rotatable bonds is 6. The maximum absolute atomic E-state index is 14.3. The fourth-order valence-corrected chi connectivity index (χ4v) is 6.63. The summed E-state index contributed by atoms with van der Waals surface area (Å²) in [6.45, 7) is 3.97. The van der Waals surface area contributed by atoms with Gasteiger partial charge in [-0.05, 0) is 92.7 Å². The number of carboxylic acid groups (broad SMARTS) is 1. The molecule has 1 aliphatic carbocycles. The van der Waals surface area contributed by atoms with Crippen LogP contribution in [0.3, 0.4) is 0 Å². The first-order valence-electron chi connectivity index (χ1n) is 12.7. The van der Waals surface area contributed by atoms with E-state index in [0.29, 0.717) is 23.4 Å². The van der Waals surface area contributed by atoms with Crippen LogP contribution >= 0.6 is 0 Å². The molecule has 5 rings (SSSR count). The van der Waals surface area contributed by atoms with Crippen molar-refractivity contribution >= 4 is 16.7 Å². The van der Waals surface area contributed by atoms with Crippen LogP contribution in [-0.4, -0.2) is 34.2 Å². The van der Waals surface area contributed by atoms with Crippen LogP contribution in [0.5, 0.6) is 5.75 Å². The van der Waals surface area contributed by atoms with Gasteiger partial charge >= 0.3 is 5.97 Å². The molecule has 33 heavy (non-hydrogen) atoms. The standard InChI is InChI=1S/C28H36FNO3/c1-17-3-10-24(11-4-17)33-27-12-7-19-5-6-20(15-25(19)26(27)16-29)18(2)30-22-8-9-23(30)14-21(13-22)28(31)32/h5-7,12,15,17-18,21-24H,3-4,8-11,13-14,16H2,1-2H3,(H,31,32)/t17?,18-,21?,22?,23?,24?/m0/s1. The van der Waals surface area contributed by atoms with E-state index in [0.717, 1.165) is 55.2 Å². The van der Waals surface area contributed by atoms with Gasteiger partial charge in [0.1, 0.15) is 12.4 Å². The number of carboxylic acids is 1. The summed E-state index contributed by atoms with van der Waals surface area (Å²) < 4.78 is 20.6. The number of fused-ring (bicyclic) bond motifs is 3. The number of benzene rings is 2. The van der Waals surface area contributed by atoms with Crippen molar-refractivity contribution in [3.8, 4) is 5.75 Å². The van der Waals surface area contributed by atoms with Crippen LogP contribution in [0.15, 0.2) is 30.3 Å². The largest absolute Gasteiger partial charge is 0.490 e. The third kappa shape index (κ3) is 4.37. The molecule has 2 unspecified atom stereocenters. The maximum atomic E-state index is 14.3. The highest BCUT2D eigenvalue weighted by Gasteiger charge is 2.45. The Labute approximate surface area is 196 Å². The van der Waals surface area contributed by atoms with Crippen molar-refractivity contribution < 1.29 is 19.0 Å². The molecule has 0 radical (unpaired) electrons. The number of alkyl halides is 1. The number of piperidine rings is 1. The smallest absolute Gasteiger partial charge is 0.306 e. The molecule has 5 heteroatoms. The topological polar surface area (TPSA) is 49.8 Å². The molecule has 2 saturated heterocycles. The van der Waals surface area contributed by atoms with E-state index in [-0.39, 0.29) is 18.1 Å². The van der Waals surface area contributed by atoms with Crippen molar-refractivity contribution in [2.24, 2.45) is 11.8 Å². The van der Waals surface area contributed by atoms with Crippen molar-refractivity contribution in [2.45, 2.75) is 96.1 Å². The molecular weight excluding hydrogens is 417 g/mol. The Morgan fingerprint density at radius 3 is 2.39 bits per heavy atom. The second-order valence-corrected chi connectivity index (χ2v) is 10.7. The van der Waals surface area contributed by atoms with E-state index in [9.17, 15) is 14.3 Å². The van der Waals surface area contributed by atoms with Crippen LogP contribution in [0.1, 0.15) is 82.4 Å². The molecule has 2 aromatic rings. The number of carbonyl (C=O) groups is 1. The number of hydrogen-bond donors (Lipinski definition) is 1. The third-order valence-electron chi connectivity index (χ3n) is 8.57. The van der Waals surface area contributed by atoms with Crippen LogP contribution in [-0.2, 0) is 11.5 Å². The second kappa shape index (κ2) is 9.25. The Balaban J connectivity index is 1.41. The highest BCUT2D eigenvalue weighted by Crippen LogP contribution is 2.44. The minimum absolute atomic E-state index is 0.178. The predicted octanol–water partition coefficient (Wildman–Crippen LogP) is 6.66. The first-order chi connectivity index (χ1) is 15.9. The first-order valence-corrected chi connectivity index (χ1v) is 12.7. The van der Waals surface area contributed by atoms with Gasteiger partial charge in [0.05, 0.1) is 12.0 Å². The molecule has 178 valence electrons. The van der Waals surface area contributed by atoms with Crippen LogP contribution in [0.4, 0.5) is 4.39 Å². The molecule has 3 fully saturated rings. The van der Waals surface area contributed by atoms with E-state index in [1.165, 1.54) is 18.4 Å². The lowest BCUT2D eigenvalue weighted by atomic mass is 9.88. The molecular formula is C28H36FNO3. The van der Waals surface area contributed by atoms with Gasteiger partial charge in [0.25, 0.3) is 0 Å². The molecule has 2 bridgehead atoms. The van der Waals surface area contributed by atoms with E-state index < -0.39 is 12.6 Å². The fourth-order valence-electron chi connectivity index (χ4n) is 6.63. The molecule has 3 atom stereocenters. The fraction of sp³-hybridized carbons (Fsp3) is 0.607. The first kappa shape index (κ1) is 22.6. The summed E-state index contributed by atoms with van der Waals surface area (Å²) in [5, 5.41) is 11.5. The van der Waals surface area contributed by atoms with Gasteiger partial charge in [-0.1, -0.05) is 25.1 Å². The highest BCUT2D eigenvalue weighted by molar-refractivity contribution is 5.88. The van der Waals surface area contributed by atoms with Crippen LogP contribution in [0.25, 0.3) is 10.8 Å². The van der Waals surface area contributed by atoms with Crippen LogP contribution < -0.4 is 4.74 Å². The average molecular weight is 454 g/mol. The van der Waals surface area contributed by atoms with Crippen LogP contribution in [0.2, 0.25) is 0 Å². The SMILES string of the molecule is CC1CCC(Oc2ccc3ccc([C@H](C)N4C5CCC4CC(C(=O)O)C5)cc3c2CF)CC1. The van der Waals surface area contributed by atoms with E-state index in [4.69, 9.17) is 4.74 Å². The molecule has 1 saturated carbocycles. The lowest BCUT2D eigenvalue weighted by Crippen LogP contribution is -2.45. The predicted molar refractivity (Wildman–Crippen MR) is 128 cm³/mol. The summed E-state index contributed by atoms with van der Waals surface area (Å²) in [5.41, 5.74) is 1.83. The van der Waals surface area contributed by atoms with E-state index in [2.05, 4.69) is 36.9 Å². The van der Waals surface area contributed by atoms with Crippen molar-refractivity contribution in [2.75, 3.05) is 0 Å². The number of ether oxygens (including phenoxy) is 1. The van der Waals surface area contributed by atoms with E-state index in [1.54, 1.807) is 0 Å².